The van der Waals surface area contributed by atoms with Gasteiger partial charge in [-0.2, -0.15) is 0 Å². The average molecular weight is 267 g/mol. The molecule has 19 heavy (non-hydrogen) atoms. The maximum atomic E-state index is 11.1. The van der Waals surface area contributed by atoms with E-state index >= 15 is 0 Å². The minimum absolute atomic E-state index is 0.0435. The Morgan fingerprint density at radius 1 is 1.16 bits per heavy atom. The fourth-order valence-corrected chi connectivity index (χ4v) is 2.96. The number of hydrogen-bond acceptors (Lipinski definition) is 3. The SMILES string of the molecule is CCOC(=O)CCCCCNCC(C1CC1)C1CC1. The van der Waals surface area contributed by atoms with Gasteiger partial charge in [0.05, 0.1) is 6.61 Å². The predicted molar refractivity (Wildman–Crippen MR) is 76.9 cm³/mol. The first kappa shape index (κ1) is 14.8. The highest BCUT2D eigenvalue weighted by Crippen LogP contribution is 2.48. The molecule has 3 heteroatoms. The van der Waals surface area contributed by atoms with Crippen molar-refractivity contribution < 1.29 is 9.53 Å². The first-order valence-corrected chi connectivity index (χ1v) is 8.17. The molecule has 0 aliphatic heterocycles. The van der Waals surface area contributed by atoms with Gasteiger partial charge in [0.15, 0.2) is 0 Å². The molecule has 0 unspecified atom stereocenters. The Hall–Kier alpha value is -0.570. The molecular weight excluding hydrogens is 238 g/mol. The second-order valence-electron chi connectivity index (χ2n) is 6.16. The zero-order chi connectivity index (χ0) is 13.5. The summed E-state index contributed by atoms with van der Waals surface area (Å²) in [5, 5.41) is 3.63. The summed E-state index contributed by atoms with van der Waals surface area (Å²) in [5.74, 6) is 3.02. The van der Waals surface area contributed by atoms with E-state index in [0.29, 0.717) is 13.0 Å². The standard InChI is InChI=1S/C16H29NO2/c1-2-19-16(18)6-4-3-5-11-17-12-15(13-7-8-13)14-9-10-14/h13-15,17H,2-12H2,1H3. The van der Waals surface area contributed by atoms with Crippen molar-refractivity contribution in [1.29, 1.82) is 0 Å². The van der Waals surface area contributed by atoms with Crippen LogP contribution in [0.25, 0.3) is 0 Å². The summed E-state index contributed by atoms with van der Waals surface area (Å²) >= 11 is 0. The molecule has 1 N–H and O–H groups in total. The Balaban J connectivity index is 1.40. The number of carbonyl (C=O) groups excluding carboxylic acids is 1. The Kier molecular flexibility index (Phi) is 6.15. The molecule has 0 amide bonds. The highest BCUT2D eigenvalue weighted by molar-refractivity contribution is 5.69. The van der Waals surface area contributed by atoms with Crippen LogP contribution in [0.1, 0.15) is 58.3 Å². The normalized spacial score (nSPS) is 18.8. The second kappa shape index (κ2) is 7.88. The summed E-state index contributed by atoms with van der Waals surface area (Å²) in [6, 6.07) is 0. The molecule has 2 aliphatic carbocycles. The summed E-state index contributed by atoms with van der Waals surface area (Å²) in [5.41, 5.74) is 0. The van der Waals surface area contributed by atoms with Crippen molar-refractivity contribution in [3.63, 3.8) is 0 Å². The van der Waals surface area contributed by atoms with Crippen LogP contribution in [0.15, 0.2) is 0 Å². The first-order valence-electron chi connectivity index (χ1n) is 8.17. The van der Waals surface area contributed by atoms with E-state index in [1.165, 1.54) is 38.6 Å². The van der Waals surface area contributed by atoms with Crippen LogP contribution in [0.2, 0.25) is 0 Å². The van der Waals surface area contributed by atoms with Crippen LogP contribution >= 0.6 is 0 Å². The third kappa shape index (κ3) is 5.94. The predicted octanol–water partition coefficient (Wildman–Crippen LogP) is 3.14. The van der Waals surface area contributed by atoms with Gasteiger partial charge in [-0.3, -0.25) is 4.79 Å². The second-order valence-corrected chi connectivity index (χ2v) is 6.16. The van der Waals surface area contributed by atoms with Crippen molar-refractivity contribution in [2.75, 3.05) is 19.7 Å². The highest BCUT2D eigenvalue weighted by Gasteiger charge is 2.40. The Bertz CT molecular complexity index is 260. The summed E-state index contributed by atoms with van der Waals surface area (Å²) < 4.78 is 4.91. The Morgan fingerprint density at radius 3 is 2.42 bits per heavy atom. The lowest BCUT2D eigenvalue weighted by molar-refractivity contribution is -0.143. The monoisotopic (exact) mass is 267 g/mol. The number of unbranched alkanes of at least 4 members (excludes halogenated alkanes) is 2. The Labute approximate surface area is 117 Å². The minimum atomic E-state index is -0.0435. The number of ether oxygens (including phenoxy) is 1. The van der Waals surface area contributed by atoms with E-state index in [-0.39, 0.29) is 5.97 Å². The summed E-state index contributed by atoms with van der Waals surface area (Å²) in [4.78, 5) is 11.1. The number of carbonyl (C=O) groups is 1. The lowest BCUT2D eigenvalue weighted by Crippen LogP contribution is -2.26. The maximum Gasteiger partial charge on any atom is 0.305 e. The summed E-state index contributed by atoms with van der Waals surface area (Å²) in [6.45, 7) is 4.70. The van der Waals surface area contributed by atoms with Crippen molar-refractivity contribution in [2.45, 2.75) is 58.3 Å². The van der Waals surface area contributed by atoms with E-state index in [4.69, 9.17) is 4.74 Å². The van der Waals surface area contributed by atoms with Gasteiger partial charge in [0.2, 0.25) is 0 Å². The summed E-state index contributed by atoms with van der Waals surface area (Å²) in [7, 11) is 0. The van der Waals surface area contributed by atoms with Gasteiger partial charge < -0.3 is 10.1 Å². The number of hydrogen-bond donors (Lipinski definition) is 1. The molecule has 2 fully saturated rings. The van der Waals surface area contributed by atoms with Crippen molar-refractivity contribution in [3.8, 4) is 0 Å². The topological polar surface area (TPSA) is 38.3 Å². The van der Waals surface area contributed by atoms with Crippen molar-refractivity contribution in [1.82, 2.24) is 5.32 Å². The largest absolute Gasteiger partial charge is 0.466 e. The van der Waals surface area contributed by atoms with Crippen LogP contribution in [-0.2, 0) is 9.53 Å². The van der Waals surface area contributed by atoms with Gasteiger partial charge in [-0.25, -0.2) is 0 Å². The molecule has 0 heterocycles. The van der Waals surface area contributed by atoms with Crippen molar-refractivity contribution in [2.24, 2.45) is 17.8 Å². The van der Waals surface area contributed by atoms with Gasteiger partial charge in [0.1, 0.15) is 0 Å². The molecule has 0 bridgehead atoms. The smallest absolute Gasteiger partial charge is 0.305 e. The van der Waals surface area contributed by atoms with Crippen molar-refractivity contribution in [3.05, 3.63) is 0 Å². The molecule has 0 atom stereocenters. The molecule has 0 aromatic carbocycles. The molecule has 2 aliphatic rings. The third-order valence-corrected chi connectivity index (χ3v) is 4.37. The zero-order valence-corrected chi connectivity index (χ0v) is 12.3. The van der Waals surface area contributed by atoms with E-state index in [2.05, 4.69) is 5.32 Å². The number of nitrogens with one attached hydrogen (secondary N) is 1. The van der Waals surface area contributed by atoms with Gasteiger partial charge in [-0.1, -0.05) is 6.42 Å². The van der Waals surface area contributed by atoms with Crippen LogP contribution in [0.4, 0.5) is 0 Å². The van der Waals surface area contributed by atoms with Gasteiger partial charge in [-0.05, 0) is 76.3 Å². The molecule has 2 rings (SSSR count). The average Bonchev–Trinajstić information content (AvgIpc) is 3.27. The van der Waals surface area contributed by atoms with Crippen LogP contribution in [-0.4, -0.2) is 25.7 Å². The van der Waals surface area contributed by atoms with Gasteiger partial charge in [-0.15, -0.1) is 0 Å². The lowest BCUT2D eigenvalue weighted by atomic mass is 9.98. The van der Waals surface area contributed by atoms with E-state index in [1.54, 1.807) is 0 Å². The fourth-order valence-electron chi connectivity index (χ4n) is 2.96. The van der Waals surface area contributed by atoms with E-state index in [0.717, 1.165) is 37.1 Å². The molecule has 110 valence electrons. The molecule has 0 aromatic heterocycles. The summed E-state index contributed by atoms with van der Waals surface area (Å²) in [6.07, 6.45) is 9.76. The molecule has 0 spiro atoms. The van der Waals surface area contributed by atoms with E-state index in [9.17, 15) is 4.79 Å². The van der Waals surface area contributed by atoms with Crippen molar-refractivity contribution >= 4 is 5.97 Å². The first-order chi connectivity index (χ1) is 9.31. The molecule has 0 radical (unpaired) electrons. The number of esters is 1. The van der Waals surface area contributed by atoms with Gasteiger partial charge in [0, 0.05) is 6.42 Å². The minimum Gasteiger partial charge on any atom is -0.466 e. The van der Waals surface area contributed by atoms with Crippen LogP contribution in [0, 0.1) is 17.8 Å². The molecular formula is C16H29NO2. The lowest BCUT2D eigenvalue weighted by Gasteiger charge is -2.16. The Morgan fingerprint density at radius 2 is 1.84 bits per heavy atom. The van der Waals surface area contributed by atoms with E-state index < -0.39 is 0 Å². The maximum absolute atomic E-state index is 11.1. The van der Waals surface area contributed by atoms with Gasteiger partial charge >= 0.3 is 5.97 Å². The third-order valence-electron chi connectivity index (χ3n) is 4.37. The van der Waals surface area contributed by atoms with Crippen LogP contribution in [0.3, 0.4) is 0 Å². The molecule has 0 aromatic rings. The van der Waals surface area contributed by atoms with Gasteiger partial charge in [0.25, 0.3) is 0 Å². The molecule has 3 nitrogen and oxygen atoms in total. The number of rotatable bonds is 11. The van der Waals surface area contributed by atoms with Crippen LogP contribution in [0.5, 0.6) is 0 Å². The quantitative estimate of drug-likeness (QED) is 0.462. The highest BCUT2D eigenvalue weighted by atomic mass is 16.5. The molecule has 0 saturated heterocycles. The van der Waals surface area contributed by atoms with Crippen LogP contribution < -0.4 is 5.32 Å². The zero-order valence-electron chi connectivity index (χ0n) is 12.3. The molecule has 2 saturated carbocycles. The van der Waals surface area contributed by atoms with E-state index in [1.807, 2.05) is 6.92 Å². The fraction of sp³-hybridized carbons (Fsp3) is 0.938.